The van der Waals surface area contributed by atoms with Crippen molar-refractivity contribution in [2.75, 3.05) is 26.2 Å². The summed E-state index contributed by atoms with van der Waals surface area (Å²) in [6.45, 7) is 2.39. The standard InChI is InChI=1S/C26H24ClN3O5/c1-16-25(30(23(32)15-31)19-11-12-28-22(13-19)34-3)24-20(9-10-21(33-2)26(24)35-4)29(16)14-17-5-7-18(27)8-6-17/h5-13,15H,14H2,1-4H3. The smallest absolute Gasteiger partial charge is 0.295 e. The van der Waals surface area contributed by atoms with E-state index in [4.69, 9.17) is 25.8 Å². The van der Waals surface area contributed by atoms with E-state index < -0.39 is 5.91 Å². The lowest BCUT2D eigenvalue weighted by atomic mass is 10.1. The second-order valence-electron chi connectivity index (χ2n) is 7.69. The molecular weight excluding hydrogens is 470 g/mol. The molecule has 0 fully saturated rings. The number of nitrogens with zero attached hydrogens (tertiary/aromatic N) is 3. The van der Waals surface area contributed by atoms with E-state index in [1.54, 1.807) is 19.2 Å². The molecule has 2 aromatic heterocycles. The maximum atomic E-state index is 13.1. The molecule has 2 aromatic carbocycles. The lowest BCUT2D eigenvalue weighted by molar-refractivity contribution is -0.129. The highest BCUT2D eigenvalue weighted by molar-refractivity contribution is 6.34. The molecule has 4 rings (SSSR count). The molecule has 0 spiro atoms. The van der Waals surface area contributed by atoms with Gasteiger partial charge in [0.25, 0.3) is 5.91 Å². The summed E-state index contributed by atoms with van der Waals surface area (Å²) < 4.78 is 18.6. The molecule has 4 aromatic rings. The first-order valence-electron chi connectivity index (χ1n) is 10.7. The van der Waals surface area contributed by atoms with Gasteiger partial charge in [-0.3, -0.25) is 14.5 Å². The third kappa shape index (κ3) is 4.40. The van der Waals surface area contributed by atoms with Crippen LogP contribution in [0.4, 0.5) is 11.4 Å². The molecule has 0 aliphatic rings. The topological polar surface area (TPSA) is 82.9 Å². The highest BCUT2D eigenvalue weighted by atomic mass is 35.5. The van der Waals surface area contributed by atoms with Gasteiger partial charge < -0.3 is 18.8 Å². The number of fused-ring (bicyclic) bond motifs is 1. The molecule has 0 atom stereocenters. The molecule has 180 valence electrons. The van der Waals surface area contributed by atoms with Crippen LogP contribution >= 0.6 is 11.6 Å². The second kappa shape index (κ2) is 10.1. The minimum atomic E-state index is -0.753. The van der Waals surface area contributed by atoms with Crippen molar-refractivity contribution in [3.63, 3.8) is 0 Å². The first kappa shape index (κ1) is 24.1. The number of anilines is 2. The van der Waals surface area contributed by atoms with E-state index in [0.717, 1.165) is 16.8 Å². The van der Waals surface area contributed by atoms with Gasteiger partial charge in [-0.15, -0.1) is 0 Å². The van der Waals surface area contributed by atoms with Crippen molar-refractivity contribution in [3.8, 4) is 17.4 Å². The molecule has 0 saturated carbocycles. The van der Waals surface area contributed by atoms with Crippen LogP contribution in [0.2, 0.25) is 5.02 Å². The Bertz CT molecular complexity index is 1400. The summed E-state index contributed by atoms with van der Waals surface area (Å²) in [6, 6.07) is 14.5. The molecule has 0 radical (unpaired) electrons. The third-order valence-corrected chi connectivity index (χ3v) is 6.04. The summed E-state index contributed by atoms with van der Waals surface area (Å²) in [5.41, 5.74) is 3.47. The summed E-state index contributed by atoms with van der Waals surface area (Å²) in [5, 5.41) is 1.27. The summed E-state index contributed by atoms with van der Waals surface area (Å²) in [5.74, 6) is 0.494. The molecule has 0 unspecified atom stereocenters. The van der Waals surface area contributed by atoms with Gasteiger partial charge in [0.1, 0.15) is 0 Å². The van der Waals surface area contributed by atoms with E-state index in [0.29, 0.717) is 45.7 Å². The average molecular weight is 494 g/mol. The van der Waals surface area contributed by atoms with Gasteiger partial charge in [-0.1, -0.05) is 23.7 Å². The maximum absolute atomic E-state index is 13.1. The fourth-order valence-corrected chi connectivity index (χ4v) is 4.30. The Labute approximate surface area is 207 Å². The number of methoxy groups -OCH3 is 3. The highest BCUT2D eigenvalue weighted by Gasteiger charge is 2.29. The monoisotopic (exact) mass is 493 g/mol. The number of amides is 1. The molecule has 0 N–H and O–H groups in total. The van der Waals surface area contributed by atoms with Crippen molar-refractivity contribution >= 4 is 46.1 Å². The number of aromatic nitrogens is 2. The van der Waals surface area contributed by atoms with Crippen molar-refractivity contribution in [2.24, 2.45) is 0 Å². The van der Waals surface area contributed by atoms with Crippen LogP contribution < -0.4 is 19.1 Å². The fraction of sp³-hybridized carbons (Fsp3) is 0.192. The van der Waals surface area contributed by atoms with Crippen LogP contribution in [0.1, 0.15) is 11.3 Å². The average Bonchev–Trinajstić information content (AvgIpc) is 3.15. The Morgan fingerprint density at radius 3 is 2.43 bits per heavy atom. The van der Waals surface area contributed by atoms with Gasteiger partial charge in [-0.2, -0.15) is 0 Å². The van der Waals surface area contributed by atoms with Gasteiger partial charge in [0, 0.05) is 29.5 Å². The first-order valence-corrected chi connectivity index (χ1v) is 11.1. The van der Waals surface area contributed by atoms with Crippen LogP contribution in [-0.2, 0) is 16.1 Å². The van der Waals surface area contributed by atoms with Crippen LogP contribution in [0.3, 0.4) is 0 Å². The van der Waals surface area contributed by atoms with Crippen molar-refractivity contribution in [3.05, 3.63) is 71.0 Å². The van der Waals surface area contributed by atoms with Gasteiger partial charge >= 0.3 is 0 Å². The Kier molecular flexibility index (Phi) is 6.93. The van der Waals surface area contributed by atoms with Crippen LogP contribution in [0.5, 0.6) is 17.4 Å². The van der Waals surface area contributed by atoms with Gasteiger partial charge in [0.05, 0.1) is 43.6 Å². The van der Waals surface area contributed by atoms with Gasteiger partial charge in [-0.05, 0) is 42.8 Å². The van der Waals surface area contributed by atoms with E-state index in [9.17, 15) is 9.59 Å². The summed E-state index contributed by atoms with van der Waals surface area (Å²) in [6.07, 6.45) is 1.79. The highest BCUT2D eigenvalue weighted by Crippen LogP contribution is 2.46. The number of rotatable bonds is 8. The zero-order valence-electron chi connectivity index (χ0n) is 19.7. The molecular formula is C26H24ClN3O5. The first-order chi connectivity index (χ1) is 16.9. The minimum absolute atomic E-state index is 0.279. The molecule has 0 aliphatic heterocycles. The molecule has 9 heteroatoms. The molecule has 0 aliphatic carbocycles. The lowest BCUT2D eigenvalue weighted by Gasteiger charge is -2.22. The van der Waals surface area contributed by atoms with E-state index >= 15 is 0 Å². The molecule has 0 saturated heterocycles. The molecule has 0 bridgehead atoms. The van der Waals surface area contributed by atoms with Crippen LogP contribution in [0.25, 0.3) is 10.9 Å². The number of benzene rings is 2. The maximum Gasteiger partial charge on any atom is 0.295 e. The number of hydrogen-bond donors (Lipinski definition) is 0. The van der Waals surface area contributed by atoms with Crippen molar-refractivity contribution in [2.45, 2.75) is 13.5 Å². The number of ether oxygens (including phenoxy) is 3. The van der Waals surface area contributed by atoms with E-state index in [2.05, 4.69) is 9.55 Å². The Hall–Kier alpha value is -4.04. The molecule has 8 nitrogen and oxygen atoms in total. The van der Waals surface area contributed by atoms with Crippen molar-refractivity contribution in [1.82, 2.24) is 9.55 Å². The number of carbonyl (C=O) groups excluding carboxylic acids is 2. The van der Waals surface area contributed by atoms with Crippen LogP contribution in [0.15, 0.2) is 54.7 Å². The third-order valence-electron chi connectivity index (χ3n) is 5.78. The molecule has 35 heavy (non-hydrogen) atoms. The fourth-order valence-electron chi connectivity index (χ4n) is 4.18. The Morgan fingerprint density at radius 1 is 1.06 bits per heavy atom. The van der Waals surface area contributed by atoms with Gasteiger partial charge in [0.15, 0.2) is 11.5 Å². The van der Waals surface area contributed by atoms with Crippen molar-refractivity contribution < 1.29 is 23.8 Å². The number of hydrogen-bond acceptors (Lipinski definition) is 6. The lowest BCUT2D eigenvalue weighted by Crippen LogP contribution is -2.27. The minimum Gasteiger partial charge on any atom is -0.493 e. The summed E-state index contributed by atoms with van der Waals surface area (Å²) >= 11 is 6.07. The number of carbonyl (C=O) groups is 2. The second-order valence-corrected chi connectivity index (χ2v) is 8.13. The van der Waals surface area contributed by atoms with Crippen LogP contribution in [0, 0.1) is 6.92 Å². The van der Waals surface area contributed by atoms with Gasteiger partial charge in [-0.25, -0.2) is 4.98 Å². The largest absolute Gasteiger partial charge is 0.493 e. The van der Waals surface area contributed by atoms with E-state index in [-0.39, 0.29) is 6.29 Å². The number of pyridine rings is 1. The summed E-state index contributed by atoms with van der Waals surface area (Å²) in [4.78, 5) is 30.3. The normalized spacial score (nSPS) is 10.8. The zero-order chi connectivity index (χ0) is 25.1. The quantitative estimate of drug-likeness (QED) is 0.255. The van der Waals surface area contributed by atoms with Gasteiger partial charge in [0.2, 0.25) is 12.2 Å². The van der Waals surface area contributed by atoms with E-state index in [1.165, 1.54) is 25.3 Å². The zero-order valence-corrected chi connectivity index (χ0v) is 20.5. The SMILES string of the molecule is COc1cc(N(C(=O)C=O)c2c(C)n(Cc3ccc(Cl)cc3)c3ccc(OC)c(OC)c23)ccn1. The number of aldehydes is 1. The Balaban J connectivity index is 2.05. The predicted octanol–water partition coefficient (Wildman–Crippen LogP) is 4.94. The summed E-state index contributed by atoms with van der Waals surface area (Å²) in [7, 11) is 4.56. The Morgan fingerprint density at radius 2 is 1.80 bits per heavy atom. The predicted molar refractivity (Wildman–Crippen MR) is 134 cm³/mol. The van der Waals surface area contributed by atoms with E-state index in [1.807, 2.05) is 43.3 Å². The number of halogens is 1. The van der Waals surface area contributed by atoms with Crippen molar-refractivity contribution in [1.29, 1.82) is 0 Å². The molecule has 2 heterocycles. The van der Waals surface area contributed by atoms with Crippen LogP contribution in [-0.4, -0.2) is 43.1 Å². The molecule has 1 amide bonds.